The van der Waals surface area contributed by atoms with E-state index in [1.165, 1.54) is 9.96 Å². The first-order chi connectivity index (χ1) is 16.0. The number of pyridine rings is 1. The summed E-state index contributed by atoms with van der Waals surface area (Å²) in [5, 5.41) is 4.74. The number of nitrogens with zero attached hydrogens (tertiary/aromatic N) is 4. The van der Waals surface area contributed by atoms with Gasteiger partial charge < -0.3 is 4.74 Å². The first kappa shape index (κ1) is 20.7. The van der Waals surface area contributed by atoms with Crippen LogP contribution in [-0.2, 0) is 6.61 Å². The molecule has 0 N–H and O–H groups in total. The van der Waals surface area contributed by atoms with E-state index in [0.717, 1.165) is 16.9 Å². The lowest BCUT2D eigenvalue weighted by Crippen LogP contribution is -2.19. The van der Waals surface area contributed by atoms with Crippen LogP contribution in [0, 0.1) is 20.8 Å². The lowest BCUT2D eigenvalue weighted by molar-refractivity contribution is 0.308. The van der Waals surface area contributed by atoms with E-state index in [9.17, 15) is 4.79 Å². The third-order valence-corrected chi connectivity index (χ3v) is 5.66. The molecule has 33 heavy (non-hydrogen) atoms. The molecule has 0 radical (unpaired) electrons. The first-order valence-electron chi connectivity index (χ1n) is 10.8. The smallest absolute Gasteiger partial charge is 0.267 e. The normalized spacial score (nSPS) is 11.1. The van der Waals surface area contributed by atoms with E-state index in [1.54, 1.807) is 12.3 Å². The molecule has 6 heteroatoms. The molecule has 0 unspecified atom stereocenters. The SMILES string of the molecule is Cc1ccc(-n2nc(-c3c(C)nc4c(OCc5ccccc5)cccn4c3=O)cc2C)cc1. The van der Waals surface area contributed by atoms with E-state index in [4.69, 9.17) is 14.8 Å². The summed E-state index contributed by atoms with van der Waals surface area (Å²) < 4.78 is 9.39. The highest BCUT2D eigenvalue weighted by Crippen LogP contribution is 2.24. The summed E-state index contributed by atoms with van der Waals surface area (Å²) in [6.45, 7) is 6.27. The fourth-order valence-corrected chi connectivity index (χ4v) is 3.93. The summed E-state index contributed by atoms with van der Waals surface area (Å²) in [6, 6.07) is 23.6. The van der Waals surface area contributed by atoms with Crippen LogP contribution in [0.25, 0.3) is 22.6 Å². The molecule has 0 atom stereocenters. The summed E-state index contributed by atoms with van der Waals surface area (Å²) in [5.41, 5.74) is 6.16. The molecule has 2 aromatic carbocycles. The van der Waals surface area contributed by atoms with Gasteiger partial charge in [-0.05, 0) is 56.7 Å². The molecule has 164 valence electrons. The highest BCUT2D eigenvalue weighted by molar-refractivity contribution is 5.65. The number of aryl methyl sites for hydroxylation is 3. The van der Waals surface area contributed by atoms with Crippen LogP contribution in [0.5, 0.6) is 5.75 Å². The Bertz CT molecular complexity index is 1500. The van der Waals surface area contributed by atoms with Crippen LogP contribution in [0.1, 0.15) is 22.5 Å². The minimum Gasteiger partial charge on any atom is -0.485 e. The van der Waals surface area contributed by atoms with Gasteiger partial charge in [-0.3, -0.25) is 9.20 Å². The lowest BCUT2D eigenvalue weighted by Gasteiger charge is -2.11. The minimum atomic E-state index is -0.170. The topological polar surface area (TPSA) is 61.4 Å². The number of fused-ring (bicyclic) bond motifs is 1. The fraction of sp³-hybridized carbons (Fsp3) is 0.148. The summed E-state index contributed by atoms with van der Waals surface area (Å²) >= 11 is 0. The van der Waals surface area contributed by atoms with E-state index in [-0.39, 0.29) is 5.56 Å². The van der Waals surface area contributed by atoms with Crippen molar-refractivity contribution in [2.75, 3.05) is 0 Å². The Morgan fingerprint density at radius 2 is 1.67 bits per heavy atom. The van der Waals surface area contributed by atoms with Crippen LogP contribution in [-0.4, -0.2) is 19.2 Å². The molecule has 0 amide bonds. The average Bonchev–Trinajstić information content (AvgIpc) is 3.20. The van der Waals surface area contributed by atoms with Gasteiger partial charge >= 0.3 is 0 Å². The van der Waals surface area contributed by atoms with Gasteiger partial charge in [-0.25, -0.2) is 9.67 Å². The average molecular weight is 437 g/mol. The van der Waals surface area contributed by atoms with E-state index >= 15 is 0 Å². The number of benzene rings is 2. The Balaban J connectivity index is 1.56. The van der Waals surface area contributed by atoms with E-state index in [0.29, 0.717) is 35.0 Å². The zero-order valence-electron chi connectivity index (χ0n) is 18.8. The molecular formula is C27H24N4O2. The Morgan fingerprint density at radius 3 is 2.42 bits per heavy atom. The number of hydrogen-bond donors (Lipinski definition) is 0. The maximum Gasteiger partial charge on any atom is 0.267 e. The molecule has 5 aromatic rings. The Morgan fingerprint density at radius 1 is 0.909 bits per heavy atom. The van der Waals surface area contributed by atoms with Crippen LogP contribution in [0.2, 0.25) is 0 Å². The molecule has 0 aliphatic carbocycles. The van der Waals surface area contributed by atoms with Gasteiger partial charge in [0, 0.05) is 11.9 Å². The van der Waals surface area contributed by atoms with Gasteiger partial charge in [0.25, 0.3) is 5.56 Å². The van der Waals surface area contributed by atoms with Crippen LogP contribution < -0.4 is 10.3 Å². The molecular weight excluding hydrogens is 412 g/mol. The number of aromatic nitrogens is 4. The van der Waals surface area contributed by atoms with Crippen LogP contribution in [0.3, 0.4) is 0 Å². The van der Waals surface area contributed by atoms with Crippen molar-refractivity contribution in [3.05, 3.63) is 112 Å². The van der Waals surface area contributed by atoms with Crippen molar-refractivity contribution in [3.63, 3.8) is 0 Å². The number of ether oxygens (including phenoxy) is 1. The zero-order valence-corrected chi connectivity index (χ0v) is 18.8. The highest BCUT2D eigenvalue weighted by atomic mass is 16.5. The van der Waals surface area contributed by atoms with Gasteiger partial charge in [0.15, 0.2) is 11.4 Å². The van der Waals surface area contributed by atoms with Gasteiger partial charge in [0.05, 0.1) is 16.9 Å². The second kappa shape index (κ2) is 8.39. The maximum atomic E-state index is 13.5. The lowest BCUT2D eigenvalue weighted by atomic mass is 10.1. The molecule has 0 saturated carbocycles. The molecule has 0 aliphatic heterocycles. The molecule has 5 rings (SSSR count). The van der Waals surface area contributed by atoms with Gasteiger partial charge in [-0.1, -0.05) is 48.0 Å². The molecule has 3 heterocycles. The van der Waals surface area contributed by atoms with Gasteiger partial charge in [0.2, 0.25) is 0 Å². The standard InChI is InChI=1S/C27H24N4O2/c1-18-11-13-22(14-12-18)31-19(2)16-23(29-31)25-20(3)28-26-24(10-7-15-30(26)27(25)32)33-17-21-8-5-4-6-9-21/h4-16H,17H2,1-3H3. The monoisotopic (exact) mass is 436 g/mol. The molecule has 0 fully saturated rings. The van der Waals surface area contributed by atoms with Crippen molar-refractivity contribution in [1.29, 1.82) is 0 Å². The molecule has 0 bridgehead atoms. The second-order valence-electron chi connectivity index (χ2n) is 8.14. The van der Waals surface area contributed by atoms with Gasteiger partial charge in [-0.2, -0.15) is 5.10 Å². The van der Waals surface area contributed by atoms with E-state index in [2.05, 4.69) is 0 Å². The number of hydrogen-bond acceptors (Lipinski definition) is 4. The quantitative estimate of drug-likeness (QED) is 0.387. The number of rotatable bonds is 5. The fourth-order valence-electron chi connectivity index (χ4n) is 3.93. The van der Waals surface area contributed by atoms with Crippen molar-refractivity contribution in [1.82, 2.24) is 19.2 Å². The van der Waals surface area contributed by atoms with Crippen molar-refractivity contribution in [2.45, 2.75) is 27.4 Å². The highest BCUT2D eigenvalue weighted by Gasteiger charge is 2.18. The zero-order chi connectivity index (χ0) is 22.9. The van der Waals surface area contributed by atoms with Crippen molar-refractivity contribution >= 4 is 5.65 Å². The molecule has 0 aliphatic rings. The molecule has 0 spiro atoms. The largest absolute Gasteiger partial charge is 0.485 e. The van der Waals surface area contributed by atoms with Crippen LogP contribution >= 0.6 is 0 Å². The van der Waals surface area contributed by atoms with Gasteiger partial charge in [-0.15, -0.1) is 0 Å². The first-order valence-corrected chi connectivity index (χ1v) is 10.8. The summed E-state index contributed by atoms with van der Waals surface area (Å²) in [4.78, 5) is 18.2. The van der Waals surface area contributed by atoms with Gasteiger partial charge in [0.1, 0.15) is 12.3 Å². The van der Waals surface area contributed by atoms with Crippen molar-refractivity contribution in [2.24, 2.45) is 0 Å². The minimum absolute atomic E-state index is 0.170. The Hall–Kier alpha value is -4.19. The summed E-state index contributed by atoms with van der Waals surface area (Å²) in [7, 11) is 0. The Labute approximate surface area is 191 Å². The molecule has 0 saturated heterocycles. The third-order valence-electron chi connectivity index (χ3n) is 5.66. The molecule has 3 aromatic heterocycles. The van der Waals surface area contributed by atoms with Crippen LogP contribution in [0.15, 0.2) is 83.8 Å². The predicted octanol–water partition coefficient (Wildman–Crippen LogP) is 5.05. The third kappa shape index (κ3) is 3.91. The van der Waals surface area contributed by atoms with E-state index in [1.807, 2.05) is 92.2 Å². The van der Waals surface area contributed by atoms with E-state index < -0.39 is 0 Å². The van der Waals surface area contributed by atoms with Crippen molar-refractivity contribution < 1.29 is 4.74 Å². The van der Waals surface area contributed by atoms with Crippen LogP contribution in [0.4, 0.5) is 0 Å². The summed E-state index contributed by atoms with van der Waals surface area (Å²) in [5.74, 6) is 0.564. The molecule has 6 nitrogen and oxygen atoms in total. The Kier molecular flexibility index (Phi) is 5.26. The predicted molar refractivity (Wildman–Crippen MR) is 129 cm³/mol. The summed E-state index contributed by atoms with van der Waals surface area (Å²) in [6.07, 6.45) is 1.72. The second-order valence-corrected chi connectivity index (χ2v) is 8.14. The maximum absolute atomic E-state index is 13.5. The van der Waals surface area contributed by atoms with Crippen molar-refractivity contribution in [3.8, 4) is 22.7 Å².